The van der Waals surface area contributed by atoms with E-state index in [-0.39, 0.29) is 25.8 Å². The molecule has 0 bridgehead atoms. The van der Waals surface area contributed by atoms with Crippen LogP contribution < -0.4 is 11.5 Å². The maximum Gasteiger partial charge on any atom is 0.316 e. The summed E-state index contributed by atoms with van der Waals surface area (Å²) in [5, 5.41) is 0. The molecule has 0 aromatic heterocycles. The summed E-state index contributed by atoms with van der Waals surface area (Å²) >= 11 is 0. The van der Waals surface area contributed by atoms with Gasteiger partial charge < -0.3 is 25.7 Å². The van der Waals surface area contributed by atoms with E-state index in [1.54, 1.807) is 6.92 Å². The molecule has 6 heteroatoms. The highest BCUT2D eigenvalue weighted by molar-refractivity contribution is 5.76. The van der Waals surface area contributed by atoms with Crippen LogP contribution >= 0.6 is 0 Å². The minimum Gasteiger partial charge on any atom is -0.460 e. The van der Waals surface area contributed by atoms with Gasteiger partial charge in [0.05, 0.1) is 13.2 Å². The SMILES string of the molecule is CC(COCCCN)(COCCCN)C(=O)OCc1ccccc1. The molecule has 0 spiro atoms. The Morgan fingerprint density at radius 2 is 1.54 bits per heavy atom. The summed E-state index contributed by atoms with van der Waals surface area (Å²) in [6.07, 6.45) is 1.51. The summed E-state index contributed by atoms with van der Waals surface area (Å²) in [5.74, 6) is -0.327. The summed E-state index contributed by atoms with van der Waals surface area (Å²) in [6.45, 7) is 4.66. The zero-order chi connectivity index (χ0) is 17.7. The van der Waals surface area contributed by atoms with Crippen LogP contribution in [0.25, 0.3) is 0 Å². The molecule has 0 aliphatic heterocycles. The van der Waals surface area contributed by atoms with Crippen LogP contribution in [0.15, 0.2) is 30.3 Å². The molecule has 0 heterocycles. The molecule has 0 fully saturated rings. The van der Waals surface area contributed by atoms with Crippen molar-refractivity contribution >= 4 is 5.97 Å². The molecule has 0 saturated heterocycles. The highest BCUT2D eigenvalue weighted by Gasteiger charge is 2.36. The van der Waals surface area contributed by atoms with Crippen molar-refractivity contribution in [1.29, 1.82) is 0 Å². The van der Waals surface area contributed by atoms with Crippen molar-refractivity contribution in [1.82, 2.24) is 0 Å². The zero-order valence-electron chi connectivity index (χ0n) is 14.5. The van der Waals surface area contributed by atoms with E-state index in [9.17, 15) is 4.79 Å². The average Bonchev–Trinajstić information content (AvgIpc) is 2.61. The number of carbonyl (C=O) groups excluding carboxylic acids is 1. The van der Waals surface area contributed by atoms with Crippen molar-refractivity contribution in [3.63, 3.8) is 0 Å². The maximum atomic E-state index is 12.5. The lowest BCUT2D eigenvalue weighted by atomic mass is 9.93. The normalized spacial score (nSPS) is 11.5. The summed E-state index contributed by atoms with van der Waals surface area (Å²) < 4.78 is 16.6. The van der Waals surface area contributed by atoms with Crippen LogP contribution in [-0.2, 0) is 25.6 Å². The maximum absolute atomic E-state index is 12.5. The number of nitrogens with two attached hydrogens (primary N) is 2. The summed E-state index contributed by atoms with van der Waals surface area (Å²) in [4.78, 5) is 12.5. The molecule has 0 radical (unpaired) electrons. The third-order valence-corrected chi connectivity index (χ3v) is 3.53. The fraction of sp³-hybridized carbons (Fsp3) is 0.611. The number of hydrogen-bond acceptors (Lipinski definition) is 6. The quantitative estimate of drug-likeness (QED) is 0.417. The molecule has 0 atom stereocenters. The molecule has 0 unspecified atom stereocenters. The molecule has 1 aromatic carbocycles. The van der Waals surface area contributed by atoms with Gasteiger partial charge in [-0.05, 0) is 38.4 Å². The Morgan fingerprint density at radius 3 is 2.04 bits per heavy atom. The predicted molar refractivity (Wildman–Crippen MR) is 93.3 cm³/mol. The van der Waals surface area contributed by atoms with Gasteiger partial charge in [0.15, 0.2) is 0 Å². The number of esters is 1. The van der Waals surface area contributed by atoms with Gasteiger partial charge in [-0.3, -0.25) is 4.79 Å². The van der Waals surface area contributed by atoms with Crippen LogP contribution in [0.5, 0.6) is 0 Å². The van der Waals surface area contributed by atoms with Gasteiger partial charge in [0.2, 0.25) is 0 Å². The monoisotopic (exact) mass is 338 g/mol. The van der Waals surface area contributed by atoms with E-state index in [0.29, 0.717) is 26.3 Å². The lowest BCUT2D eigenvalue weighted by molar-refractivity contribution is -0.165. The van der Waals surface area contributed by atoms with Crippen molar-refractivity contribution in [2.24, 2.45) is 16.9 Å². The Hall–Kier alpha value is -1.47. The second-order valence-electron chi connectivity index (χ2n) is 6.01. The van der Waals surface area contributed by atoms with E-state index in [1.807, 2.05) is 30.3 Å². The third-order valence-electron chi connectivity index (χ3n) is 3.53. The van der Waals surface area contributed by atoms with Crippen molar-refractivity contribution < 1.29 is 19.0 Å². The fourth-order valence-corrected chi connectivity index (χ4v) is 2.02. The van der Waals surface area contributed by atoms with Gasteiger partial charge in [-0.1, -0.05) is 30.3 Å². The van der Waals surface area contributed by atoms with Crippen LogP contribution in [0.3, 0.4) is 0 Å². The molecular formula is C18H30N2O4. The van der Waals surface area contributed by atoms with Crippen LogP contribution in [0.2, 0.25) is 0 Å². The number of carbonyl (C=O) groups is 1. The average molecular weight is 338 g/mol. The van der Waals surface area contributed by atoms with E-state index in [1.165, 1.54) is 0 Å². The van der Waals surface area contributed by atoms with Crippen molar-refractivity contribution in [2.75, 3.05) is 39.5 Å². The number of ether oxygens (including phenoxy) is 3. The smallest absolute Gasteiger partial charge is 0.316 e. The van der Waals surface area contributed by atoms with Crippen molar-refractivity contribution in [3.05, 3.63) is 35.9 Å². The highest BCUT2D eigenvalue weighted by Crippen LogP contribution is 2.21. The third kappa shape index (κ3) is 7.88. The van der Waals surface area contributed by atoms with Gasteiger partial charge in [0, 0.05) is 13.2 Å². The molecule has 4 N–H and O–H groups in total. The van der Waals surface area contributed by atoms with E-state index < -0.39 is 5.41 Å². The van der Waals surface area contributed by atoms with Gasteiger partial charge in [-0.25, -0.2) is 0 Å². The van der Waals surface area contributed by atoms with E-state index >= 15 is 0 Å². The van der Waals surface area contributed by atoms with E-state index in [0.717, 1.165) is 18.4 Å². The molecule has 0 amide bonds. The summed E-state index contributed by atoms with van der Waals surface area (Å²) in [5.41, 5.74) is 11.0. The molecule has 0 saturated carbocycles. The second kappa shape index (κ2) is 12.0. The van der Waals surface area contributed by atoms with E-state index in [2.05, 4.69) is 0 Å². The van der Waals surface area contributed by atoms with Gasteiger partial charge in [-0.15, -0.1) is 0 Å². The molecule has 0 aliphatic rings. The zero-order valence-corrected chi connectivity index (χ0v) is 14.5. The number of rotatable bonds is 13. The summed E-state index contributed by atoms with van der Waals surface area (Å²) in [7, 11) is 0. The Labute approximate surface area is 144 Å². The van der Waals surface area contributed by atoms with Gasteiger partial charge in [-0.2, -0.15) is 0 Å². The fourth-order valence-electron chi connectivity index (χ4n) is 2.02. The lowest BCUT2D eigenvalue weighted by Gasteiger charge is -2.27. The molecule has 136 valence electrons. The molecule has 24 heavy (non-hydrogen) atoms. The number of benzene rings is 1. The first-order valence-electron chi connectivity index (χ1n) is 8.39. The summed E-state index contributed by atoms with van der Waals surface area (Å²) in [6, 6.07) is 9.58. The van der Waals surface area contributed by atoms with Gasteiger partial charge in [0.25, 0.3) is 0 Å². The molecule has 6 nitrogen and oxygen atoms in total. The largest absolute Gasteiger partial charge is 0.460 e. The highest BCUT2D eigenvalue weighted by atomic mass is 16.5. The van der Waals surface area contributed by atoms with E-state index in [4.69, 9.17) is 25.7 Å². The Balaban J connectivity index is 2.54. The predicted octanol–water partition coefficient (Wildman–Crippen LogP) is 1.47. The van der Waals surface area contributed by atoms with Crippen molar-refractivity contribution in [2.45, 2.75) is 26.4 Å². The number of hydrogen-bond donors (Lipinski definition) is 2. The standard InChI is InChI=1S/C18H30N2O4/c1-18(14-22-11-5-9-19,15-23-12-6-10-20)17(21)24-13-16-7-3-2-4-8-16/h2-4,7-8H,5-6,9-15,19-20H2,1H3. The first-order valence-corrected chi connectivity index (χ1v) is 8.39. The molecule has 1 rings (SSSR count). The second-order valence-corrected chi connectivity index (χ2v) is 6.01. The van der Waals surface area contributed by atoms with Crippen LogP contribution in [0.1, 0.15) is 25.3 Å². The lowest BCUT2D eigenvalue weighted by Crippen LogP contribution is -2.39. The van der Waals surface area contributed by atoms with Crippen LogP contribution in [0.4, 0.5) is 0 Å². The Morgan fingerprint density at radius 1 is 1.00 bits per heavy atom. The topological polar surface area (TPSA) is 96.8 Å². The molecule has 1 aromatic rings. The first-order chi connectivity index (χ1) is 11.6. The minimum absolute atomic E-state index is 0.237. The van der Waals surface area contributed by atoms with Gasteiger partial charge >= 0.3 is 5.97 Å². The van der Waals surface area contributed by atoms with Gasteiger partial charge in [0.1, 0.15) is 12.0 Å². The van der Waals surface area contributed by atoms with Crippen LogP contribution in [-0.4, -0.2) is 45.5 Å². The van der Waals surface area contributed by atoms with Crippen LogP contribution in [0, 0.1) is 5.41 Å². The Bertz CT molecular complexity index is 442. The molecule has 0 aliphatic carbocycles. The minimum atomic E-state index is -0.849. The Kier molecular flexibility index (Phi) is 10.3. The first kappa shape index (κ1) is 20.6. The molecular weight excluding hydrogens is 308 g/mol. The van der Waals surface area contributed by atoms with Crippen molar-refractivity contribution in [3.8, 4) is 0 Å².